The Morgan fingerprint density at radius 2 is 1.45 bits per heavy atom. The molecular weight excluding hydrogens is 555 g/mol. The maximum atomic E-state index is 14.9. The van der Waals surface area contributed by atoms with Gasteiger partial charge in [-0.15, -0.1) is 0 Å². The van der Waals surface area contributed by atoms with Crippen LogP contribution < -0.4 is 10.6 Å². The summed E-state index contributed by atoms with van der Waals surface area (Å²) in [5.41, 5.74) is 1.53. The first-order chi connectivity index (χ1) is 20.6. The third-order valence-corrected chi connectivity index (χ3v) is 7.09. The zero-order valence-electron chi connectivity index (χ0n) is 26.8. The first-order valence-corrected chi connectivity index (χ1v) is 15.0. The predicted octanol–water partition coefficient (Wildman–Crippen LogP) is 7.65. The van der Waals surface area contributed by atoms with Gasteiger partial charge in [0.05, 0.1) is 18.4 Å². The van der Waals surface area contributed by atoms with Crippen LogP contribution in [-0.4, -0.2) is 29.4 Å². The number of hydrogen-bond acceptors (Lipinski definition) is 4. The van der Waals surface area contributed by atoms with Crippen LogP contribution in [0.1, 0.15) is 78.5 Å². The second-order valence-electron chi connectivity index (χ2n) is 13.2. The van der Waals surface area contributed by atoms with Crippen molar-refractivity contribution < 1.29 is 23.5 Å². The van der Waals surface area contributed by atoms with Gasteiger partial charge < -0.3 is 15.4 Å². The molecule has 0 aliphatic carbocycles. The molecule has 44 heavy (non-hydrogen) atoms. The molecule has 234 valence electrons. The van der Waals surface area contributed by atoms with Crippen molar-refractivity contribution in [1.29, 1.82) is 0 Å². The highest BCUT2D eigenvalue weighted by atomic mass is 19.1. The summed E-state index contributed by atoms with van der Waals surface area (Å²) in [4.78, 5) is 39.9. The first kappa shape index (κ1) is 34.2. The highest BCUT2D eigenvalue weighted by Gasteiger charge is 2.35. The van der Waals surface area contributed by atoms with Crippen LogP contribution in [0, 0.1) is 17.2 Å². The van der Waals surface area contributed by atoms with Gasteiger partial charge >= 0.3 is 5.97 Å². The maximum Gasteiger partial charge on any atom is 0.307 e. The largest absolute Gasteiger partial charge is 0.460 e. The highest BCUT2D eigenvalue weighted by Crippen LogP contribution is 2.25. The van der Waals surface area contributed by atoms with E-state index in [0.29, 0.717) is 11.1 Å². The Hall–Kier alpha value is -4.26. The lowest BCUT2D eigenvalue weighted by atomic mass is 9.85. The number of ether oxygens (including phenoxy) is 1. The van der Waals surface area contributed by atoms with Crippen LogP contribution in [0.15, 0.2) is 84.9 Å². The molecule has 0 saturated carbocycles. The molecule has 3 aromatic carbocycles. The average molecular weight is 601 g/mol. The van der Waals surface area contributed by atoms with Crippen molar-refractivity contribution in [3.05, 3.63) is 102 Å². The van der Waals surface area contributed by atoms with Gasteiger partial charge in [-0.25, -0.2) is 4.39 Å². The van der Waals surface area contributed by atoms with Gasteiger partial charge in [-0.2, -0.15) is 0 Å². The van der Waals surface area contributed by atoms with Crippen LogP contribution in [0.4, 0.5) is 4.39 Å². The second-order valence-corrected chi connectivity index (χ2v) is 13.2. The van der Waals surface area contributed by atoms with E-state index in [1.54, 1.807) is 45.1 Å². The van der Waals surface area contributed by atoms with Crippen LogP contribution in [0.25, 0.3) is 17.2 Å². The zero-order chi connectivity index (χ0) is 32.5. The lowest BCUT2D eigenvalue weighted by Gasteiger charge is -2.32. The molecule has 0 bridgehead atoms. The summed E-state index contributed by atoms with van der Waals surface area (Å²) in [5, 5.41) is 5.92. The minimum absolute atomic E-state index is 0.173. The smallest absolute Gasteiger partial charge is 0.307 e. The number of nitrogens with one attached hydrogen (secondary N) is 2. The molecule has 2 amide bonds. The summed E-state index contributed by atoms with van der Waals surface area (Å²) in [6.07, 6.45) is 3.48. The first-order valence-electron chi connectivity index (χ1n) is 15.0. The molecule has 7 heteroatoms. The molecule has 0 unspecified atom stereocenters. The fourth-order valence-electron chi connectivity index (χ4n) is 4.78. The topological polar surface area (TPSA) is 84.5 Å². The van der Waals surface area contributed by atoms with Crippen LogP contribution in [0.3, 0.4) is 0 Å². The quantitative estimate of drug-likeness (QED) is 0.222. The van der Waals surface area contributed by atoms with Crippen molar-refractivity contribution in [1.82, 2.24) is 10.6 Å². The Kier molecular flexibility index (Phi) is 11.6. The van der Waals surface area contributed by atoms with Crippen LogP contribution in [-0.2, 0) is 19.1 Å². The zero-order valence-corrected chi connectivity index (χ0v) is 26.8. The summed E-state index contributed by atoms with van der Waals surface area (Å²) in [7, 11) is 0. The summed E-state index contributed by atoms with van der Waals surface area (Å²) in [6, 6.07) is 22.7. The normalized spacial score (nSPS) is 14.0. The molecule has 0 saturated heterocycles. The SMILES string of the molecule is C[C@@H](NC(=O)[C@@H](NC(=O)[C@H](C/C=C/c1ccc(-c2ccccc2)c(F)c1)CC(=O)OC(C)(C)C)C(C)(C)C)c1ccccc1. The Morgan fingerprint density at radius 3 is 2.02 bits per heavy atom. The standard InChI is InChI=1S/C37H45FN2O4/c1-25(27-16-10-8-11-17-27)39-35(43)33(36(2,3)4)40-34(42)29(24-32(41)44-37(5,6)7)20-14-15-26-21-22-30(31(38)23-26)28-18-12-9-13-19-28/h8-19,21-23,25,29,33H,20,24H2,1-7H3,(H,39,43)(H,40,42)/b15-14+/t25-,29-,33-/m1/s1. The van der Waals surface area contributed by atoms with Gasteiger partial charge in [0, 0.05) is 5.56 Å². The van der Waals surface area contributed by atoms with Crippen LogP contribution in [0.5, 0.6) is 0 Å². The molecule has 0 heterocycles. The Morgan fingerprint density at radius 1 is 0.841 bits per heavy atom. The minimum Gasteiger partial charge on any atom is -0.460 e. The molecule has 0 aliphatic heterocycles. The number of hydrogen-bond donors (Lipinski definition) is 2. The van der Waals surface area contributed by atoms with Gasteiger partial charge in [0.1, 0.15) is 17.5 Å². The van der Waals surface area contributed by atoms with Gasteiger partial charge in [0.15, 0.2) is 0 Å². The van der Waals surface area contributed by atoms with E-state index in [0.717, 1.165) is 11.1 Å². The number of carbonyl (C=O) groups excluding carboxylic acids is 3. The fraction of sp³-hybridized carbons (Fsp3) is 0.378. The van der Waals surface area contributed by atoms with Gasteiger partial charge in [0.2, 0.25) is 11.8 Å². The van der Waals surface area contributed by atoms with Crippen molar-refractivity contribution in [3.8, 4) is 11.1 Å². The predicted molar refractivity (Wildman–Crippen MR) is 174 cm³/mol. The molecule has 3 rings (SSSR count). The van der Waals surface area contributed by atoms with Crippen molar-refractivity contribution in [2.45, 2.75) is 79.0 Å². The van der Waals surface area contributed by atoms with E-state index in [2.05, 4.69) is 10.6 Å². The second kappa shape index (κ2) is 15.0. The summed E-state index contributed by atoms with van der Waals surface area (Å²) >= 11 is 0. The number of esters is 1. The van der Waals surface area contributed by atoms with Gasteiger partial charge in [0.25, 0.3) is 0 Å². The Labute approximate surface area is 261 Å². The Balaban J connectivity index is 1.78. The molecule has 0 aromatic heterocycles. The van der Waals surface area contributed by atoms with E-state index in [1.165, 1.54) is 6.07 Å². The summed E-state index contributed by atoms with van der Waals surface area (Å²) in [5.74, 6) is -2.43. The monoisotopic (exact) mass is 600 g/mol. The number of amides is 2. The number of halogens is 1. The van der Waals surface area contributed by atoms with Gasteiger partial charge in [-0.1, -0.05) is 106 Å². The minimum atomic E-state index is -0.856. The van der Waals surface area contributed by atoms with Crippen molar-refractivity contribution in [2.24, 2.45) is 11.3 Å². The van der Waals surface area contributed by atoms with E-state index in [9.17, 15) is 18.8 Å². The fourth-order valence-corrected chi connectivity index (χ4v) is 4.78. The number of allylic oxidation sites excluding steroid dienone is 1. The van der Waals surface area contributed by atoms with Gasteiger partial charge in [-0.3, -0.25) is 14.4 Å². The van der Waals surface area contributed by atoms with Crippen LogP contribution in [0.2, 0.25) is 0 Å². The number of carbonyl (C=O) groups is 3. The third kappa shape index (κ3) is 10.5. The van der Waals surface area contributed by atoms with Crippen molar-refractivity contribution >= 4 is 23.9 Å². The molecule has 0 fully saturated rings. The molecule has 0 radical (unpaired) electrons. The molecule has 3 aromatic rings. The number of rotatable bonds is 11. The van der Waals surface area contributed by atoms with E-state index >= 15 is 0 Å². The van der Waals surface area contributed by atoms with E-state index in [-0.39, 0.29) is 30.6 Å². The van der Waals surface area contributed by atoms with E-state index < -0.39 is 34.9 Å². The summed E-state index contributed by atoms with van der Waals surface area (Å²) in [6.45, 7) is 12.8. The third-order valence-electron chi connectivity index (χ3n) is 7.09. The molecule has 0 spiro atoms. The van der Waals surface area contributed by atoms with Crippen LogP contribution >= 0.6 is 0 Å². The average Bonchev–Trinajstić information content (AvgIpc) is 2.94. The molecule has 0 aliphatic rings. The lowest BCUT2D eigenvalue weighted by Crippen LogP contribution is -2.55. The van der Waals surface area contributed by atoms with E-state index in [1.807, 2.05) is 88.4 Å². The molecule has 6 nitrogen and oxygen atoms in total. The summed E-state index contributed by atoms with van der Waals surface area (Å²) < 4.78 is 20.4. The van der Waals surface area contributed by atoms with Gasteiger partial charge in [-0.05, 0) is 62.3 Å². The Bertz CT molecular complexity index is 1440. The number of benzene rings is 3. The highest BCUT2D eigenvalue weighted by molar-refractivity contribution is 5.91. The van der Waals surface area contributed by atoms with E-state index in [4.69, 9.17) is 4.74 Å². The molecule has 3 atom stereocenters. The van der Waals surface area contributed by atoms with Crippen molar-refractivity contribution in [2.75, 3.05) is 0 Å². The van der Waals surface area contributed by atoms with Crippen molar-refractivity contribution in [3.63, 3.8) is 0 Å². The lowest BCUT2D eigenvalue weighted by molar-refractivity contribution is -0.157. The molecule has 2 N–H and O–H groups in total. The maximum absolute atomic E-state index is 14.9. The molecular formula is C37H45FN2O4.